The van der Waals surface area contributed by atoms with E-state index in [0.29, 0.717) is 5.92 Å². The van der Waals surface area contributed by atoms with Crippen molar-refractivity contribution in [2.75, 3.05) is 0 Å². The minimum atomic E-state index is -0.00930. The molecule has 5 aliphatic rings. The molecule has 0 amide bonds. The SMILES string of the molecule is CC1(C)C2=CC3=C(CC2c2c(-c4ccc(-c5ccc(C6=Nc7sc8ccccc8c7C(c7ccccc7)N6)cc5)cc4)cccc21)C1(CCCCC1)c1ccccc13. The summed E-state index contributed by atoms with van der Waals surface area (Å²) in [6.07, 6.45) is 10.4. The van der Waals surface area contributed by atoms with E-state index in [0.717, 1.165) is 22.8 Å². The highest BCUT2D eigenvalue weighted by Crippen LogP contribution is 2.64. The van der Waals surface area contributed by atoms with Gasteiger partial charge in [-0.1, -0.05) is 190 Å². The molecule has 12 rings (SSSR count). The van der Waals surface area contributed by atoms with Crippen LogP contribution in [0.3, 0.4) is 0 Å². The molecular weight excluding hydrogens is 721 g/mol. The topological polar surface area (TPSA) is 24.4 Å². The molecule has 1 spiro atoms. The Labute approximate surface area is 345 Å². The van der Waals surface area contributed by atoms with E-state index in [1.165, 1.54) is 86.7 Å². The summed E-state index contributed by atoms with van der Waals surface area (Å²) in [6, 6.07) is 54.3. The highest BCUT2D eigenvalue weighted by atomic mass is 32.1. The second-order valence-electron chi connectivity index (χ2n) is 17.7. The third kappa shape index (κ3) is 4.99. The molecule has 1 N–H and O–H groups in total. The summed E-state index contributed by atoms with van der Waals surface area (Å²) in [5, 5.41) is 6.21. The molecule has 1 aromatic heterocycles. The molecule has 4 aliphatic carbocycles. The van der Waals surface area contributed by atoms with Gasteiger partial charge in [0.1, 0.15) is 10.8 Å². The molecule has 2 nitrogen and oxygen atoms in total. The number of fused-ring (bicyclic) bond motifs is 10. The van der Waals surface area contributed by atoms with E-state index in [2.05, 4.69) is 171 Å². The van der Waals surface area contributed by atoms with Crippen LogP contribution >= 0.6 is 11.3 Å². The van der Waals surface area contributed by atoms with Crippen molar-refractivity contribution in [1.29, 1.82) is 0 Å². The van der Waals surface area contributed by atoms with Crippen LogP contribution < -0.4 is 5.32 Å². The van der Waals surface area contributed by atoms with Crippen molar-refractivity contribution in [3.8, 4) is 22.3 Å². The highest BCUT2D eigenvalue weighted by molar-refractivity contribution is 7.22. The lowest BCUT2D eigenvalue weighted by atomic mass is 9.63. The Balaban J connectivity index is 0.861. The third-order valence-electron chi connectivity index (χ3n) is 14.5. The summed E-state index contributed by atoms with van der Waals surface area (Å²) in [5.41, 5.74) is 20.0. The third-order valence-corrected chi connectivity index (χ3v) is 15.6. The van der Waals surface area contributed by atoms with Crippen molar-refractivity contribution in [3.05, 3.63) is 202 Å². The molecule has 0 saturated heterocycles. The Morgan fingerprint density at radius 2 is 1.26 bits per heavy atom. The number of nitrogens with one attached hydrogen (secondary N) is 1. The molecule has 2 heterocycles. The van der Waals surface area contributed by atoms with Crippen molar-refractivity contribution in [3.63, 3.8) is 0 Å². The van der Waals surface area contributed by atoms with Crippen molar-refractivity contribution >= 4 is 37.8 Å². The van der Waals surface area contributed by atoms with Crippen LogP contribution in [0.1, 0.15) is 103 Å². The van der Waals surface area contributed by atoms with Gasteiger partial charge in [-0.2, -0.15) is 0 Å². The van der Waals surface area contributed by atoms with Gasteiger partial charge in [-0.15, -0.1) is 11.3 Å². The quantitative estimate of drug-likeness (QED) is 0.190. The van der Waals surface area contributed by atoms with Gasteiger partial charge in [0, 0.05) is 38.0 Å². The molecule has 0 bridgehead atoms. The summed E-state index contributed by atoms with van der Waals surface area (Å²) >= 11 is 1.78. The molecule has 2 atom stereocenters. The first-order valence-corrected chi connectivity index (χ1v) is 22.1. The molecule has 1 fully saturated rings. The number of nitrogens with zero attached hydrogens (tertiary/aromatic N) is 1. The first kappa shape index (κ1) is 34.3. The van der Waals surface area contributed by atoms with Crippen LogP contribution in [0.4, 0.5) is 5.00 Å². The molecule has 6 aromatic carbocycles. The minimum absolute atomic E-state index is 0.00930. The van der Waals surface area contributed by atoms with Gasteiger partial charge in [0.05, 0.1) is 6.04 Å². The molecule has 58 heavy (non-hydrogen) atoms. The summed E-state index contributed by atoms with van der Waals surface area (Å²) in [7, 11) is 0. The predicted molar refractivity (Wildman–Crippen MR) is 243 cm³/mol. The van der Waals surface area contributed by atoms with Crippen LogP contribution in [0.2, 0.25) is 0 Å². The molecule has 3 heteroatoms. The summed E-state index contributed by atoms with van der Waals surface area (Å²) < 4.78 is 1.28. The fourth-order valence-corrected chi connectivity index (χ4v) is 12.8. The van der Waals surface area contributed by atoms with Gasteiger partial charge in [0.25, 0.3) is 0 Å². The van der Waals surface area contributed by atoms with Gasteiger partial charge in [-0.05, 0) is 81.0 Å². The van der Waals surface area contributed by atoms with Gasteiger partial charge in [-0.3, -0.25) is 0 Å². The van der Waals surface area contributed by atoms with E-state index in [-0.39, 0.29) is 16.9 Å². The van der Waals surface area contributed by atoms with E-state index in [1.54, 1.807) is 39.2 Å². The van der Waals surface area contributed by atoms with Crippen molar-refractivity contribution < 1.29 is 0 Å². The Morgan fingerprint density at radius 3 is 2.05 bits per heavy atom. The number of thiophene rings is 1. The van der Waals surface area contributed by atoms with Crippen molar-refractivity contribution in [2.45, 2.75) is 75.2 Å². The number of aliphatic imine (C=N–C) groups is 1. The van der Waals surface area contributed by atoms with Gasteiger partial charge in [0.2, 0.25) is 0 Å². The maximum atomic E-state index is 5.21. The first-order chi connectivity index (χ1) is 28.5. The summed E-state index contributed by atoms with van der Waals surface area (Å²) in [5.74, 6) is 1.34. The lowest BCUT2D eigenvalue weighted by Crippen LogP contribution is -2.32. The van der Waals surface area contributed by atoms with Crippen LogP contribution in [-0.4, -0.2) is 5.84 Å². The lowest BCUT2D eigenvalue weighted by Gasteiger charge is -2.40. The smallest absolute Gasteiger partial charge is 0.135 e. The molecule has 1 saturated carbocycles. The van der Waals surface area contributed by atoms with E-state index in [9.17, 15) is 0 Å². The van der Waals surface area contributed by atoms with Crippen LogP contribution in [0.5, 0.6) is 0 Å². The molecular formula is C55H46N2S. The average molecular weight is 767 g/mol. The van der Waals surface area contributed by atoms with E-state index in [4.69, 9.17) is 4.99 Å². The van der Waals surface area contributed by atoms with Gasteiger partial charge < -0.3 is 5.32 Å². The van der Waals surface area contributed by atoms with Gasteiger partial charge in [0.15, 0.2) is 0 Å². The number of allylic oxidation sites excluding steroid dienone is 4. The highest BCUT2D eigenvalue weighted by Gasteiger charge is 2.51. The van der Waals surface area contributed by atoms with Crippen LogP contribution in [0, 0.1) is 0 Å². The van der Waals surface area contributed by atoms with Crippen molar-refractivity contribution in [1.82, 2.24) is 5.32 Å². The predicted octanol–water partition coefficient (Wildman–Crippen LogP) is 14.4. The standard InChI is InChI=1S/C55H46N2S/c1-54(2)45-20-13-18-39(49(45)43-33-47-42(32-46(43)54)40-16-7-9-19-44(40)55(47)30-11-4-12-31-55)36-26-22-34(23-27-36)35-24-28-38(29-25-35)52-56-51(37-14-5-3-6-15-37)50-41-17-8-10-21-48(41)58-53(50)57-52/h3,5-10,13-29,32,43,51H,4,11-12,30-31,33H2,1-2H3,(H,56,57). The normalized spacial score (nSPS) is 20.7. The van der Waals surface area contributed by atoms with E-state index >= 15 is 0 Å². The number of rotatable bonds is 4. The Bertz CT molecular complexity index is 2880. The zero-order chi connectivity index (χ0) is 38.6. The summed E-state index contributed by atoms with van der Waals surface area (Å²) in [6.45, 7) is 4.93. The molecule has 1 aliphatic heterocycles. The van der Waals surface area contributed by atoms with Crippen molar-refractivity contribution in [2.24, 2.45) is 4.99 Å². The molecule has 7 aromatic rings. The van der Waals surface area contributed by atoms with Crippen LogP contribution in [0.25, 0.3) is 37.9 Å². The number of hydrogen-bond donors (Lipinski definition) is 1. The Morgan fingerprint density at radius 1 is 0.603 bits per heavy atom. The zero-order valence-electron chi connectivity index (χ0n) is 33.2. The average Bonchev–Trinajstić information content (AvgIpc) is 3.86. The van der Waals surface area contributed by atoms with Crippen LogP contribution in [-0.2, 0) is 10.8 Å². The number of amidine groups is 1. The monoisotopic (exact) mass is 766 g/mol. The summed E-state index contributed by atoms with van der Waals surface area (Å²) in [4.78, 5) is 5.21. The van der Waals surface area contributed by atoms with Gasteiger partial charge >= 0.3 is 0 Å². The molecule has 0 radical (unpaired) electrons. The number of benzene rings is 6. The Hall–Kier alpha value is -5.77. The number of hydrogen-bond acceptors (Lipinski definition) is 3. The van der Waals surface area contributed by atoms with E-state index in [1.807, 2.05) is 0 Å². The lowest BCUT2D eigenvalue weighted by molar-refractivity contribution is 0.335. The second kappa shape index (κ2) is 12.9. The van der Waals surface area contributed by atoms with Gasteiger partial charge in [-0.25, -0.2) is 4.99 Å². The minimum Gasteiger partial charge on any atom is -0.358 e. The maximum absolute atomic E-state index is 5.21. The fraction of sp³-hybridized carbons (Fsp3) is 0.218. The second-order valence-corrected chi connectivity index (χ2v) is 18.8. The fourth-order valence-electron chi connectivity index (χ4n) is 11.7. The molecule has 2 unspecified atom stereocenters. The van der Waals surface area contributed by atoms with Crippen LogP contribution in [0.15, 0.2) is 168 Å². The van der Waals surface area contributed by atoms with E-state index < -0.39 is 0 Å². The molecule has 282 valence electrons. The first-order valence-electron chi connectivity index (χ1n) is 21.3. The Kier molecular flexibility index (Phi) is 7.61. The maximum Gasteiger partial charge on any atom is 0.135 e. The zero-order valence-corrected chi connectivity index (χ0v) is 34.0. The largest absolute Gasteiger partial charge is 0.358 e.